The summed E-state index contributed by atoms with van der Waals surface area (Å²) in [5.74, 6) is -2.05. The molecule has 7 heteroatoms. The molecular weight excluding hydrogens is 396 g/mol. The Balaban J connectivity index is 1.70. The number of carbonyl (C=O) groups is 3. The average molecular weight is 424 g/mol. The minimum atomic E-state index is -0.919. The highest BCUT2D eigenvalue weighted by atomic mass is 16.5. The fourth-order valence-corrected chi connectivity index (χ4v) is 3.90. The number of anilines is 1. The molecule has 0 bridgehead atoms. The fourth-order valence-electron chi connectivity index (χ4n) is 3.90. The molecule has 164 valence electrons. The van der Waals surface area contributed by atoms with Crippen molar-refractivity contribution in [3.05, 3.63) is 59.2 Å². The van der Waals surface area contributed by atoms with Gasteiger partial charge in [-0.2, -0.15) is 0 Å². The van der Waals surface area contributed by atoms with Gasteiger partial charge in [0.1, 0.15) is 11.7 Å². The van der Waals surface area contributed by atoms with Crippen molar-refractivity contribution >= 4 is 23.5 Å². The molecule has 2 aromatic rings. The molecule has 31 heavy (non-hydrogen) atoms. The smallest absolute Gasteiger partial charge is 0.318 e. The number of ether oxygens (including phenoxy) is 2. The summed E-state index contributed by atoms with van der Waals surface area (Å²) in [5.41, 5.74) is 9.39. The molecule has 0 fully saturated rings. The lowest BCUT2D eigenvalue weighted by atomic mass is 9.82. The summed E-state index contributed by atoms with van der Waals surface area (Å²) in [6.45, 7) is 0. The number of methoxy groups -OCH3 is 1. The van der Waals surface area contributed by atoms with Gasteiger partial charge in [-0.05, 0) is 66.6 Å². The van der Waals surface area contributed by atoms with Gasteiger partial charge in [0.2, 0.25) is 5.91 Å². The lowest BCUT2D eigenvalue weighted by Crippen LogP contribution is -2.36. The predicted octanol–water partition coefficient (Wildman–Crippen LogP) is 2.71. The lowest BCUT2D eigenvalue weighted by Gasteiger charge is -2.24. The summed E-state index contributed by atoms with van der Waals surface area (Å²) >= 11 is 0. The largest absolute Gasteiger partial charge is 0.468 e. The molecule has 0 spiro atoms. The molecule has 2 N–H and O–H groups in total. The van der Waals surface area contributed by atoms with Crippen molar-refractivity contribution in [3.63, 3.8) is 0 Å². The number of hydrogen-bond acceptors (Lipinski definition) is 6. The molecular formula is C24H28N2O5. The maximum atomic E-state index is 12.8. The van der Waals surface area contributed by atoms with Crippen molar-refractivity contribution in [1.29, 1.82) is 0 Å². The van der Waals surface area contributed by atoms with E-state index in [-0.39, 0.29) is 24.2 Å². The van der Waals surface area contributed by atoms with Gasteiger partial charge in [-0.25, -0.2) is 0 Å². The van der Waals surface area contributed by atoms with E-state index in [0.29, 0.717) is 11.4 Å². The van der Waals surface area contributed by atoms with Crippen LogP contribution in [-0.4, -0.2) is 44.0 Å². The van der Waals surface area contributed by atoms with E-state index in [1.165, 1.54) is 12.0 Å². The number of hydrogen-bond donors (Lipinski definition) is 1. The van der Waals surface area contributed by atoms with Crippen LogP contribution >= 0.6 is 0 Å². The van der Waals surface area contributed by atoms with Gasteiger partial charge >= 0.3 is 11.9 Å². The number of carbonyl (C=O) groups excluding carboxylic acids is 3. The highest BCUT2D eigenvalue weighted by Gasteiger charge is 2.30. The van der Waals surface area contributed by atoms with Crippen LogP contribution in [0.25, 0.3) is 0 Å². The highest BCUT2D eigenvalue weighted by molar-refractivity contribution is 5.97. The third kappa shape index (κ3) is 5.23. The highest BCUT2D eigenvalue weighted by Crippen LogP contribution is 2.34. The lowest BCUT2D eigenvalue weighted by molar-refractivity contribution is -0.152. The van der Waals surface area contributed by atoms with Gasteiger partial charge in [-0.3, -0.25) is 14.4 Å². The first-order chi connectivity index (χ1) is 14.8. The maximum Gasteiger partial charge on any atom is 0.318 e. The van der Waals surface area contributed by atoms with Gasteiger partial charge in [0.15, 0.2) is 0 Å². The summed E-state index contributed by atoms with van der Waals surface area (Å²) in [6.07, 6.45) is 2.78. The van der Waals surface area contributed by atoms with E-state index in [0.717, 1.165) is 36.0 Å². The predicted molar refractivity (Wildman–Crippen MR) is 117 cm³/mol. The third-order valence-corrected chi connectivity index (χ3v) is 5.57. The van der Waals surface area contributed by atoms with Gasteiger partial charge in [-0.15, -0.1) is 0 Å². The molecule has 0 saturated heterocycles. The van der Waals surface area contributed by atoms with E-state index in [1.807, 2.05) is 18.2 Å². The van der Waals surface area contributed by atoms with E-state index in [2.05, 4.69) is 0 Å². The quantitative estimate of drug-likeness (QED) is 0.331. The van der Waals surface area contributed by atoms with Crippen LogP contribution in [0.5, 0.6) is 5.75 Å². The van der Waals surface area contributed by atoms with Crippen LogP contribution in [0, 0.1) is 5.92 Å². The van der Waals surface area contributed by atoms with Gasteiger partial charge in [0, 0.05) is 19.8 Å². The summed E-state index contributed by atoms with van der Waals surface area (Å²) in [4.78, 5) is 38.5. The van der Waals surface area contributed by atoms with Gasteiger partial charge in [-0.1, -0.05) is 18.2 Å². The molecule has 2 atom stereocenters. The molecule has 1 aliphatic carbocycles. The Hall–Kier alpha value is -3.35. The first-order valence-corrected chi connectivity index (χ1v) is 10.3. The number of fused-ring (bicyclic) bond motifs is 1. The molecule has 0 aliphatic heterocycles. The van der Waals surface area contributed by atoms with Crippen LogP contribution < -0.4 is 10.5 Å². The molecule has 0 aromatic heterocycles. The minimum Gasteiger partial charge on any atom is -0.468 e. The maximum absolute atomic E-state index is 12.8. The normalized spacial score (nSPS) is 16.0. The SMILES string of the molecule is COC(=O)C(Cc1ccc(OC(=O)C2CCCc3ccc(N)cc32)cc1)C(=O)N(C)C. The fraction of sp³-hybridized carbons (Fsp3) is 0.375. The van der Waals surface area contributed by atoms with E-state index < -0.39 is 11.9 Å². The molecule has 1 amide bonds. The molecule has 0 heterocycles. The number of amides is 1. The Labute approximate surface area is 182 Å². The zero-order valence-electron chi connectivity index (χ0n) is 18.1. The second-order valence-corrected chi connectivity index (χ2v) is 7.98. The molecule has 2 aromatic carbocycles. The van der Waals surface area contributed by atoms with Gasteiger partial charge < -0.3 is 20.1 Å². The van der Waals surface area contributed by atoms with E-state index >= 15 is 0 Å². The van der Waals surface area contributed by atoms with E-state index in [1.54, 1.807) is 38.4 Å². The van der Waals surface area contributed by atoms with Crippen molar-refractivity contribution in [3.8, 4) is 5.75 Å². The van der Waals surface area contributed by atoms with Crippen LogP contribution in [0.2, 0.25) is 0 Å². The Morgan fingerprint density at radius 1 is 1.13 bits per heavy atom. The molecule has 1 aliphatic rings. The second kappa shape index (κ2) is 9.64. The Kier molecular flexibility index (Phi) is 6.95. The van der Waals surface area contributed by atoms with Crippen LogP contribution in [0.1, 0.15) is 35.4 Å². The van der Waals surface area contributed by atoms with E-state index in [4.69, 9.17) is 15.2 Å². The first-order valence-electron chi connectivity index (χ1n) is 10.3. The number of benzene rings is 2. The van der Waals surface area contributed by atoms with E-state index in [9.17, 15) is 14.4 Å². The third-order valence-electron chi connectivity index (χ3n) is 5.57. The average Bonchev–Trinajstić information content (AvgIpc) is 2.76. The van der Waals surface area contributed by atoms with Crippen molar-refractivity contribution in [1.82, 2.24) is 4.90 Å². The molecule has 3 rings (SSSR count). The molecule has 0 radical (unpaired) electrons. The number of nitrogens with zero attached hydrogens (tertiary/aromatic N) is 1. The standard InChI is InChI=1S/C24H28N2O5/c1-26(2)22(27)21(23(28)30-3)13-15-7-11-18(12-8-15)31-24(29)19-6-4-5-16-9-10-17(25)14-20(16)19/h7-12,14,19,21H,4-6,13,25H2,1-3H3. The Morgan fingerprint density at radius 3 is 2.48 bits per heavy atom. The second-order valence-electron chi connectivity index (χ2n) is 7.98. The molecule has 0 saturated carbocycles. The van der Waals surface area contributed by atoms with Crippen molar-refractivity contribution in [2.24, 2.45) is 5.92 Å². The molecule has 7 nitrogen and oxygen atoms in total. The van der Waals surface area contributed by atoms with Crippen LogP contribution in [0.3, 0.4) is 0 Å². The number of esters is 2. The zero-order valence-corrected chi connectivity index (χ0v) is 18.1. The summed E-state index contributed by atoms with van der Waals surface area (Å²) in [7, 11) is 4.45. The topological polar surface area (TPSA) is 98.9 Å². The van der Waals surface area contributed by atoms with Crippen LogP contribution in [0.15, 0.2) is 42.5 Å². The minimum absolute atomic E-state index is 0.202. The Bertz CT molecular complexity index is 968. The summed E-state index contributed by atoms with van der Waals surface area (Å²) in [6, 6.07) is 12.5. The van der Waals surface area contributed by atoms with Gasteiger partial charge in [0.05, 0.1) is 13.0 Å². The van der Waals surface area contributed by atoms with Gasteiger partial charge in [0.25, 0.3) is 0 Å². The number of nitrogens with two attached hydrogens (primary N) is 1. The first kappa shape index (κ1) is 22.3. The van der Waals surface area contributed by atoms with Crippen molar-refractivity contribution in [2.75, 3.05) is 26.9 Å². The number of nitrogen functional groups attached to an aromatic ring is 1. The molecule has 2 unspecified atom stereocenters. The van der Waals surface area contributed by atoms with Crippen LogP contribution in [0.4, 0.5) is 5.69 Å². The zero-order chi connectivity index (χ0) is 22.5. The van der Waals surface area contributed by atoms with Crippen molar-refractivity contribution < 1.29 is 23.9 Å². The van der Waals surface area contributed by atoms with Crippen molar-refractivity contribution in [2.45, 2.75) is 31.6 Å². The number of aryl methyl sites for hydroxylation is 1. The monoisotopic (exact) mass is 424 g/mol. The Morgan fingerprint density at radius 2 is 1.84 bits per heavy atom. The summed E-state index contributed by atoms with van der Waals surface area (Å²) in [5, 5.41) is 0. The summed E-state index contributed by atoms with van der Waals surface area (Å²) < 4.78 is 10.4. The number of rotatable bonds is 6. The van der Waals surface area contributed by atoms with Crippen LogP contribution in [-0.2, 0) is 32.0 Å².